The van der Waals surface area contributed by atoms with E-state index in [9.17, 15) is 4.79 Å². The molecule has 16 heavy (non-hydrogen) atoms. The van der Waals surface area contributed by atoms with Crippen LogP contribution in [-0.4, -0.2) is 19.1 Å². The van der Waals surface area contributed by atoms with Gasteiger partial charge in [0, 0.05) is 12.2 Å². The third-order valence-electron chi connectivity index (χ3n) is 2.19. The number of anilines is 1. The zero-order valence-electron chi connectivity index (χ0n) is 9.62. The molecule has 4 N–H and O–H groups in total. The molecule has 0 saturated heterocycles. The largest absolute Gasteiger partial charge is 0.338 e. The predicted octanol–water partition coefficient (Wildman–Crippen LogP) is 1.72. The summed E-state index contributed by atoms with van der Waals surface area (Å²) in [6.45, 7) is 3.20. The van der Waals surface area contributed by atoms with Gasteiger partial charge in [-0.1, -0.05) is 12.1 Å². The van der Waals surface area contributed by atoms with Crippen LogP contribution in [0.15, 0.2) is 24.3 Å². The van der Waals surface area contributed by atoms with Crippen molar-refractivity contribution in [2.24, 2.45) is 5.73 Å². The maximum atomic E-state index is 11.3. The third-order valence-corrected chi connectivity index (χ3v) is 2.19. The van der Waals surface area contributed by atoms with Crippen molar-refractivity contribution in [3.63, 3.8) is 0 Å². The molecule has 0 aliphatic rings. The zero-order valence-corrected chi connectivity index (χ0v) is 9.62. The highest BCUT2D eigenvalue weighted by atomic mass is 16.2. The van der Waals surface area contributed by atoms with Crippen molar-refractivity contribution >= 4 is 11.7 Å². The van der Waals surface area contributed by atoms with Gasteiger partial charge in [0.25, 0.3) is 0 Å². The molecule has 0 heterocycles. The minimum atomic E-state index is -0.168. The smallest absolute Gasteiger partial charge is 0.319 e. The Morgan fingerprint density at radius 3 is 2.94 bits per heavy atom. The van der Waals surface area contributed by atoms with E-state index in [0.29, 0.717) is 13.1 Å². The fraction of sp³-hybridized carbons (Fsp3) is 0.417. The Kier molecular flexibility index (Phi) is 5.36. The number of hydrogen-bond acceptors (Lipinski definition) is 2. The number of carbonyl (C=O) groups excluding carboxylic acids is 1. The molecule has 0 spiro atoms. The molecule has 2 amide bonds. The Morgan fingerprint density at radius 1 is 1.44 bits per heavy atom. The lowest BCUT2D eigenvalue weighted by atomic mass is 10.1. The number of nitrogens with two attached hydrogens (primary N) is 1. The molecule has 4 heteroatoms. The lowest BCUT2D eigenvalue weighted by Crippen LogP contribution is -2.28. The van der Waals surface area contributed by atoms with Gasteiger partial charge in [-0.15, -0.1) is 0 Å². The van der Waals surface area contributed by atoms with Crippen LogP contribution in [0.25, 0.3) is 0 Å². The Hall–Kier alpha value is -1.55. The molecule has 0 radical (unpaired) electrons. The van der Waals surface area contributed by atoms with Crippen molar-refractivity contribution in [2.45, 2.75) is 19.8 Å². The Balaban J connectivity index is 2.56. The lowest BCUT2D eigenvalue weighted by molar-refractivity contribution is 0.252. The number of carbonyl (C=O) groups is 1. The molecule has 0 aromatic heterocycles. The molecule has 88 valence electrons. The minimum absolute atomic E-state index is 0.168. The highest BCUT2D eigenvalue weighted by Gasteiger charge is 2.00. The van der Waals surface area contributed by atoms with Crippen LogP contribution in [-0.2, 0) is 6.42 Å². The maximum absolute atomic E-state index is 11.3. The average molecular weight is 221 g/mol. The average Bonchev–Trinajstić information content (AvgIpc) is 2.27. The van der Waals surface area contributed by atoms with Crippen LogP contribution in [0.5, 0.6) is 0 Å². The molecule has 0 aliphatic carbocycles. The van der Waals surface area contributed by atoms with E-state index >= 15 is 0 Å². The van der Waals surface area contributed by atoms with Gasteiger partial charge in [-0.25, -0.2) is 4.79 Å². The van der Waals surface area contributed by atoms with Gasteiger partial charge in [0.15, 0.2) is 0 Å². The minimum Gasteiger partial charge on any atom is -0.338 e. The van der Waals surface area contributed by atoms with E-state index in [0.717, 1.165) is 18.5 Å². The van der Waals surface area contributed by atoms with E-state index in [1.807, 2.05) is 31.2 Å². The maximum Gasteiger partial charge on any atom is 0.319 e. The van der Waals surface area contributed by atoms with E-state index in [1.54, 1.807) is 0 Å². The standard InChI is InChI=1S/C12H19N3O/c1-2-14-12(16)15-11-7-3-5-10(9-11)6-4-8-13/h3,5,7,9H,2,4,6,8,13H2,1H3,(H2,14,15,16). The number of urea groups is 1. The molecule has 0 fully saturated rings. The molecule has 4 nitrogen and oxygen atoms in total. The summed E-state index contributed by atoms with van der Waals surface area (Å²) in [5.74, 6) is 0. The van der Waals surface area contributed by atoms with Crippen molar-refractivity contribution in [2.75, 3.05) is 18.4 Å². The summed E-state index contributed by atoms with van der Waals surface area (Å²) in [5.41, 5.74) is 7.47. The quantitative estimate of drug-likeness (QED) is 0.708. The highest BCUT2D eigenvalue weighted by Crippen LogP contribution is 2.11. The molecule has 0 aliphatic heterocycles. The fourth-order valence-electron chi connectivity index (χ4n) is 1.45. The van der Waals surface area contributed by atoms with Crippen LogP contribution in [0.3, 0.4) is 0 Å². The van der Waals surface area contributed by atoms with E-state index in [4.69, 9.17) is 5.73 Å². The second-order valence-electron chi connectivity index (χ2n) is 3.58. The normalized spacial score (nSPS) is 9.88. The van der Waals surface area contributed by atoms with Gasteiger partial charge in [0.2, 0.25) is 0 Å². The molecular formula is C12H19N3O. The fourth-order valence-corrected chi connectivity index (χ4v) is 1.45. The SMILES string of the molecule is CCNC(=O)Nc1cccc(CCCN)c1. The summed E-state index contributed by atoms with van der Waals surface area (Å²) >= 11 is 0. The number of benzene rings is 1. The summed E-state index contributed by atoms with van der Waals surface area (Å²) in [4.78, 5) is 11.3. The van der Waals surface area contributed by atoms with Crippen LogP contribution >= 0.6 is 0 Å². The van der Waals surface area contributed by atoms with Crippen LogP contribution in [0.4, 0.5) is 10.5 Å². The summed E-state index contributed by atoms with van der Waals surface area (Å²) in [6.07, 6.45) is 1.91. The van der Waals surface area contributed by atoms with Crippen molar-refractivity contribution in [3.05, 3.63) is 29.8 Å². The van der Waals surface area contributed by atoms with Gasteiger partial charge < -0.3 is 16.4 Å². The molecule has 0 bridgehead atoms. The zero-order chi connectivity index (χ0) is 11.8. The first-order valence-electron chi connectivity index (χ1n) is 5.60. The third kappa shape index (κ3) is 4.31. The monoisotopic (exact) mass is 221 g/mol. The molecular weight excluding hydrogens is 202 g/mol. The Bertz CT molecular complexity index is 339. The van der Waals surface area contributed by atoms with Crippen molar-refractivity contribution in [1.82, 2.24) is 5.32 Å². The van der Waals surface area contributed by atoms with Gasteiger partial charge in [-0.2, -0.15) is 0 Å². The van der Waals surface area contributed by atoms with Gasteiger partial charge in [-0.05, 0) is 44.0 Å². The number of aryl methyl sites for hydroxylation is 1. The topological polar surface area (TPSA) is 67.2 Å². The van der Waals surface area contributed by atoms with E-state index in [2.05, 4.69) is 10.6 Å². The molecule has 1 rings (SSSR count). The van der Waals surface area contributed by atoms with E-state index in [-0.39, 0.29) is 6.03 Å². The van der Waals surface area contributed by atoms with Gasteiger partial charge >= 0.3 is 6.03 Å². The first kappa shape index (κ1) is 12.5. The van der Waals surface area contributed by atoms with Crippen molar-refractivity contribution in [1.29, 1.82) is 0 Å². The first-order valence-corrected chi connectivity index (χ1v) is 5.60. The molecule has 1 aromatic rings. The second kappa shape index (κ2) is 6.85. The summed E-state index contributed by atoms with van der Waals surface area (Å²) in [7, 11) is 0. The highest BCUT2D eigenvalue weighted by molar-refractivity contribution is 5.89. The first-order chi connectivity index (χ1) is 7.76. The molecule has 0 saturated carbocycles. The number of amides is 2. The number of hydrogen-bond donors (Lipinski definition) is 3. The second-order valence-corrected chi connectivity index (χ2v) is 3.58. The lowest BCUT2D eigenvalue weighted by Gasteiger charge is -2.07. The molecule has 0 atom stereocenters. The molecule has 0 unspecified atom stereocenters. The Labute approximate surface area is 96.2 Å². The van der Waals surface area contributed by atoms with Crippen LogP contribution < -0.4 is 16.4 Å². The number of nitrogens with one attached hydrogen (secondary N) is 2. The summed E-state index contributed by atoms with van der Waals surface area (Å²) in [6, 6.07) is 7.66. The van der Waals surface area contributed by atoms with Crippen LogP contribution in [0, 0.1) is 0 Å². The summed E-state index contributed by atoms with van der Waals surface area (Å²) < 4.78 is 0. The van der Waals surface area contributed by atoms with E-state index in [1.165, 1.54) is 5.56 Å². The van der Waals surface area contributed by atoms with E-state index < -0.39 is 0 Å². The predicted molar refractivity (Wildman–Crippen MR) is 66.5 cm³/mol. The Morgan fingerprint density at radius 2 is 2.25 bits per heavy atom. The molecule has 1 aromatic carbocycles. The van der Waals surface area contributed by atoms with Gasteiger partial charge in [0.1, 0.15) is 0 Å². The van der Waals surface area contributed by atoms with Crippen molar-refractivity contribution in [3.8, 4) is 0 Å². The summed E-state index contributed by atoms with van der Waals surface area (Å²) in [5, 5.41) is 5.46. The number of rotatable bonds is 5. The van der Waals surface area contributed by atoms with Crippen LogP contribution in [0.1, 0.15) is 18.9 Å². The van der Waals surface area contributed by atoms with Crippen LogP contribution in [0.2, 0.25) is 0 Å². The van der Waals surface area contributed by atoms with Gasteiger partial charge in [0.05, 0.1) is 0 Å². The van der Waals surface area contributed by atoms with Crippen molar-refractivity contribution < 1.29 is 4.79 Å². The van der Waals surface area contributed by atoms with Gasteiger partial charge in [-0.3, -0.25) is 0 Å².